The Morgan fingerprint density at radius 2 is 1.90 bits per heavy atom. The highest BCUT2D eigenvalue weighted by Gasteiger charge is 2.32. The van der Waals surface area contributed by atoms with Crippen LogP contribution in [0.5, 0.6) is 0 Å². The molecule has 0 aliphatic carbocycles. The van der Waals surface area contributed by atoms with Gasteiger partial charge < -0.3 is 15.8 Å². The molecule has 0 radical (unpaired) electrons. The lowest BCUT2D eigenvalue weighted by Gasteiger charge is -2.37. The van der Waals surface area contributed by atoms with E-state index >= 15 is 0 Å². The van der Waals surface area contributed by atoms with E-state index in [0.29, 0.717) is 12.5 Å². The molecule has 5 heteroatoms. The van der Waals surface area contributed by atoms with E-state index in [0.717, 1.165) is 45.6 Å². The second kappa shape index (κ2) is 9.32. The number of hydrogen-bond acceptors (Lipinski definition) is 4. The third kappa shape index (κ3) is 5.38. The lowest BCUT2D eigenvalue weighted by atomic mass is 9.91. The molecule has 5 nitrogen and oxygen atoms in total. The van der Waals surface area contributed by atoms with Gasteiger partial charge in [-0.3, -0.25) is 9.69 Å². The van der Waals surface area contributed by atoms with Crippen LogP contribution in [0.2, 0.25) is 0 Å². The Morgan fingerprint density at radius 1 is 1.30 bits per heavy atom. The van der Waals surface area contributed by atoms with E-state index in [1.165, 1.54) is 0 Å². The van der Waals surface area contributed by atoms with Crippen LogP contribution >= 0.6 is 0 Å². The van der Waals surface area contributed by atoms with Crippen molar-refractivity contribution >= 4 is 5.91 Å². The molecule has 3 N–H and O–H groups in total. The second-order valence-corrected chi connectivity index (χ2v) is 5.73. The summed E-state index contributed by atoms with van der Waals surface area (Å²) in [6.45, 7) is 10.1. The van der Waals surface area contributed by atoms with E-state index in [4.69, 9.17) is 10.5 Å². The van der Waals surface area contributed by atoms with Gasteiger partial charge in [0.15, 0.2) is 0 Å². The highest BCUT2D eigenvalue weighted by atomic mass is 16.5. The first kappa shape index (κ1) is 17.4. The quantitative estimate of drug-likeness (QED) is 0.697. The van der Waals surface area contributed by atoms with Gasteiger partial charge in [-0.1, -0.05) is 26.7 Å². The van der Waals surface area contributed by atoms with Gasteiger partial charge >= 0.3 is 0 Å². The Kier molecular flexibility index (Phi) is 8.11. The molecule has 2 unspecified atom stereocenters. The maximum Gasteiger partial charge on any atom is 0.237 e. The van der Waals surface area contributed by atoms with Crippen molar-refractivity contribution in [1.29, 1.82) is 0 Å². The smallest absolute Gasteiger partial charge is 0.237 e. The molecule has 0 spiro atoms. The van der Waals surface area contributed by atoms with Crippen LogP contribution < -0.4 is 11.1 Å². The van der Waals surface area contributed by atoms with Gasteiger partial charge in [0.2, 0.25) is 5.91 Å². The number of nitrogens with one attached hydrogen (secondary N) is 1. The summed E-state index contributed by atoms with van der Waals surface area (Å²) in [5.41, 5.74) is 5.73. The van der Waals surface area contributed by atoms with E-state index < -0.39 is 0 Å². The van der Waals surface area contributed by atoms with Gasteiger partial charge in [-0.25, -0.2) is 0 Å². The molecular weight excluding hydrogens is 254 g/mol. The molecule has 118 valence electrons. The zero-order chi connectivity index (χ0) is 15.0. The summed E-state index contributed by atoms with van der Waals surface area (Å²) in [5, 5.41) is 3.06. The van der Waals surface area contributed by atoms with Crippen LogP contribution in [0.1, 0.15) is 40.0 Å². The van der Waals surface area contributed by atoms with Crippen molar-refractivity contribution in [2.75, 3.05) is 32.8 Å². The Bertz CT molecular complexity index is 274. The summed E-state index contributed by atoms with van der Waals surface area (Å²) >= 11 is 0. The first-order chi connectivity index (χ1) is 9.60. The molecule has 1 heterocycles. The minimum Gasteiger partial charge on any atom is -0.379 e. The van der Waals surface area contributed by atoms with E-state index in [2.05, 4.69) is 24.1 Å². The molecule has 0 bridgehead atoms. The standard InChI is InChI=1S/C15H31N3O2/c1-4-13(5-2)14(18-8-10-20-11-9-18)15(19)17-7-6-12(3)16/h12-14H,4-11,16H2,1-3H3,(H,17,19). The number of carbonyl (C=O) groups is 1. The Balaban J connectivity index is 2.62. The van der Waals surface area contributed by atoms with Crippen molar-refractivity contribution in [3.05, 3.63) is 0 Å². The fourth-order valence-corrected chi connectivity index (χ4v) is 2.80. The zero-order valence-electron chi connectivity index (χ0n) is 13.2. The molecule has 1 aliphatic heterocycles. The van der Waals surface area contributed by atoms with Crippen LogP contribution in [0.15, 0.2) is 0 Å². The lowest BCUT2D eigenvalue weighted by Crippen LogP contribution is -2.54. The number of carbonyl (C=O) groups excluding carboxylic acids is 1. The molecule has 0 aromatic rings. The van der Waals surface area contributed by atoms with Gasteiger partial charge in [0.05, 0.1) is 19.3 Å². The van der Waals surface area contributed by atoms with Crippen LogP contribution in [0.3, 0.4) is 0 Å². The van der Waals surface area contributed by atoms with E-state index in [-0.39, 0.29) is 18.0 Å². The molecule has 2 atom stereocenters. The van der Waals surface area contributed by atoms with Crippen LogP contribution in [-0.4, -0.2) is 55.7 Å². The van der Waals surface area contributed by atoms with Crippen LogP contribution in [0.4, 0.5) is 0 Å². The maximum atomic E-state index is 12.5. The molecule has 1 amide bonds. The van der Waals surface area contributed by atoms with E-state index in [1.54, 1.807) is 0 Å². The zero-order valence-corrected chi connectivity index (χ0v) is 13.2. The van der Waals surface area contributed by atoms with Crippen molar-refractivity contribution < 1.29 is 9.53 Å². The Morgan fingerprint density at radius 3 is 2.40 bits per heavy atom. The SMILES string of the molecule is CCC(CC)C(C(=O)NCCC(C)N)N1CCOCC1. The molecule has 1 rings (SSSR count). The highest BCUT2D eigenvalue weighted by Crippen LogP contribution is 2.20. The van der Waals surface area contributed by atoms with Crippen molar-refractivity contribution in [3.8, 4) is 0 Å². The lowest BCUT2D eigenvalue weighted by molar-refractivity contribution is -0.130. The molecule has 1 fully saturated rings. The summed E-state index contributed by atoms with van der Waals surface area (Å²) in [5.74, 6) is 0.560. The Hall–Kier alpha value is -0.650. The number of amides is 1. The maximum absolute atomic E-state index is 12.5. The molecule has 0 saturated carbocycles. The number of rotatable bonds is 8. The summed E-state index contributed by atoms with van der Waals surface area (Å²) in [7, 11) is 0. The van der Waals surface area contributed by atoms with Crippen LogP contribution in [0, 0.1) is 5.92 Å². The van der Waals surface area contributed by atoms with Gasteiger partial charge in [-0.15, -0.1) is 0 Å². The third-order valence-corrected chi connectivity index (χ3v) is 4.10. The first-order valence-electron chi connectivity index (χ1n) is 7.95. The second-order valence-electron chi connectivity index (χ2n) is 5.73. The predicted octanol–water partition coefficient (Wildman–Crippen LogP) is 0.977. The van der Waals surface area contributed by atoms with Crippen LogP contribution in [0.25, 0.3) is 0 Å². The fraction of sp³-hybridized carbons (Fsp3) is 0.933. The van der Waals surface area contributed by atoms with Gasteiger partial charge in [-0.05, 0) is 19.3 Å². The molecule has 1 saturated heterocycles. The molecule has 20 heavy (non-hydrogen) atoms. The van der Waals surface area contributed by atoms with Crippen molar-refractivity contribution in [1.82, 2.24) is 10.2 Å². The van der Waals surface area contributed by atoms with Gasteiger partial charge in [0.1, 0.15) is 0 Å². The van der Waals surface area contributed by atoms with E-state index in [1.807, 2.05) is 6.92 Å². The summed E-state index contributed by atoms with van der Waals surface area (Å²) < 4.78 is 5.40. The number of nitrogens with zero attached hydrogens (tertiary/aromatic N) is 1. The summed E-state index contributed by atoms with van der Waals surface area (Å²) in [6.07, 6.45) is 2.88. The average molecular weight is 285 g/mol. The minimum atomic E-state index is -0.0259. The van der Waals surface area contributed by atoms with Crippen molar-refractivity contribution in [2.45, 2.75) is 52.1 Å². The van der Waals surface area contributed by atoms with Gasteiger partial charge in [0, 0.05) is 25.7 Å². The molecular formula is C15H31N3O2. The third-order valence-electron chi connectivity index (χ3n) is 4.10. The van der Waals surface area contributed by atoms with Crippen molar-refractivity contribution in [2.24, 2.45) is 11.7 Å². The van der Waals surface area contributed by atoms with Gasteiger partial charge in [-0.2, -0.15) is 0 Å². The number of nitrogens with two attached hydrogens (primary N) is 1. The monoisotopic (exact) mass is 285 g/mol. The predicted molar refractivity (Wildman–Crippen MR) is 81.5 cm³/mol. The molecule has 1 aliphatic rings. The summed E-state index contributed by atoms with van der Waals surface area (Å²) in [4.78, 5) is 14.8. The fourth-order valence-electron chi connectivity index (χ4n) is 2.80. The minimum absolute atomic E-state index is 0.0259. The van der Waals surface area contributed by atoms with Crippen molar-refractivity contribution in [3.63, 3.8) is 0 Å². The number of morpholine rings is 1. The largest absolute Gasteiger partial charge is 0.379 e. The normalized spacial score (nSPS) is 19.9. The first-order valence-corrected chi connectivity index (χ1v) is 7.95. The Labute approximate surface area is 123 Å². The average Bonchev–Trinajstić information content (AvgIpc) is 2.44. The molecule has 0 aromatic carbocycles. The number of ether oxygens (including phenoxy) is 1. The molecule has 0 aromatic heterocycles. The topological polar surface area (TPSA) is 67.6 Å². The number of hydrogen-bond donors (Lipinski definition) is 2. The van der Waals surface area contributed by atoms with E-state index in [9.17, 15) is 4.79 Å². The summed E-state index contributed by atoms with van der Waals surface area (Å²) in [6, 6.07) is 0.104. The highest BCUT2D eigenvalue weighted by molar-refractivity contribution is 5.82. The van der Waals surface area contributed by atoms with Gasteiger partial charge in [0.25, 0.3) is 0 Å². The van der Waals surface area contributed by atoms with Crippen LogP contribution in [-0.2, 0) is 9.53 Å².